The number of hydrogen-bond donors (Lipinski definition) is 2. The standard InChI is InChI=1S/C10H21NO.C7H8/c1-8(2)5-6-11-9-3-4-10(12)7-9;1-7-5-3-2-4-6-7/h8-12H,3-7H2,1-2H3;2-6H,1H3/t9-,10+;/m1./s1. The van der Waals surface area contributed by atoms with Crippen LogP contribution in [0.4, 0.5) is 0 Å². The lowest BCUT2D eigenvalue weighted by Crippen LogP contribution is -2.28. The van der Waals surface area contributed by atoms with Crippen LogP contribution in [0.3, 0.4) is 0 Å². The lowest BCUT2D eigenvalue weighted by atomic mass is 10.1. The maximum Gasteiger partial charge on any atom is 0.0555 e. The van der Waals surface area contributed by atoms with Crippen LogP contribution in [0.25, 0.3) is 0 Å². The molecule has 0 unspecified atom stereocenters. The predicted molar refractivity (Wildman–Crippen MR) is 82.3 cm³/mol. The Hall–Kier alpha value is -0.860. The molecule has 2 N–H and O–H groups in total. The van der Waals surface area contributed by atoms with Crippen molar-refractivity contribution in [2.45, 2.75) is 58.6 Å². The van der Waals surface area contributed by atoms with Gasteiger partial charge in [0.15, 0.2) is 0 Å². The number of hydrogen-bond acceptors (Lipinski definition) is 2. The van der Waals surface area contributed by atoms with Gasteiger partial charge < -0.3 is 10.4 Å². The van der Waals surface area contributed by atoms with Gasteiger partial charge in [0.25, 0.3) is 0 Å². The highest BCUT2D eigenvalue weighted by Crippen LogP contribution is 2.18. The van der Waals surface area contributed by atoms with Gasteiger partial charge in [0.1, 0.15) is 0 Å². The van der Waals surface area contributed by atoms with Crippen molar-refractivity contribution in [3.05, 3.63) is 35.9 Å². The zero-order chi connectivity index (χ0) is 14.1. The zero-order valence-electron chi connectivity index (χ0n) is 12.6. The van der Waals surface area contributed by atoms with Crippen LogP contribution >= 0.6 is 0 Å². The summed E-state index contributed by atoms with van der Waals surface area (Å²) in [5, 5.41) is 12.8. The summed E-state index contributed by atoms with van der Waals surface area (Å²) in [6.07, 6.45) is 4.30. The molecular formula is C17H29NO. The Morgan fingerprint density at radius 3 is 2.32 bits per heavy atom. The molecule has 1 aromatic carbocycles. The van der Waals surface area contributed by atoms with E-state index in [0.29, 0.717) is 6.04 Å². The fourth-order valence-corrected chi connectivity index (χ4v) is 2.25. The van der Waals surface area contributed by atoms with Crippen molar-refractivity contribution >= 4 is 0 Å². The lowest BCUT2D eigenvalue weighted by molar-refractivity contribution is 0.179. The number of aryl methyl sites for hydroxylation is 1. The number of aliphatic hydroxyl groups excluding tert-OH is 1. The minimum Gasteiger partial charge on any atom is -0.393 e. The second-order valence-corrected chi connectivity index (χ2v) is 5.96. The first-order valence-electron chi connectivity index (χ1n) is 7.51. The van der Waals surface area contributed by atoms with Crippen LogP contribution < -0.4 is 5.32 Å². The summed E-state index contributed by atoms with van der Waals surface area (Å²) in [7, 11) is 0. The molecule has 2 heteroatoms. The highest BCUT2D eigenvalue weighted by Gasteiger charge is 2.21. The van der Waals surface area contributed by atoms with E-state index >= 15 is 0 Å². The molecule has 1 aromatic rings. The third-order valence-corrected chi connectivity index (χ3v) is 3.50. The average molecular weight is 263 g/mol. The van der Waals surface area contributed by atoms with E-state index in [1.807, 2.05) is 18.2 Å². The molecule has 2 rings (SSSR count). The molecule has 0 bridgehead atoms. The highest BCUT2D eigenvalue weighted by atomic mass is 16.3. The van der Waals surface area contributed by atoms with E-state index < -0.39 is 0 Å². The molecule has 2 nitrogen and oxygen atoms in total. The monoisotopic (exact) mass is 263 g/mol. The summed E-state index contributed by atoms with van der Waals surface area (Å²) in [6, 6.07) is 10.8. The van der Waals surface area contributed by atoms with Crippen molar-refractivity contribution in [1.82, 2.24) is 5.32 Å². The highest BCUT2D eigenvalue weighted by molar-refractivity contribution is 5.11. The quantitative estimate of drug-likeness (QED) is 0.871. The molecule has 19 heavy (non-hydrogen) atoms. The topological polar surface area (TPSA) is 32.3 Å². The maximum absolute atomic E-state index is 9.27. The van der Waals surface area contributed by atoms with E-state index in [0.717, 1.165) is 31.7 Å². The number of aliphatic hydroxyl groups is 1. The van der Waals surface area contributed by atoms with Crippen molar-refractivity contribution in [1.29, 1.82) is 0 Å². The predicted octanol–water partition coefficient (Wildman–Crippen LogP) is 3.53. The van der Waals surface area contributed by atoms with Gasteiger partial charge in [0, 0.05) is 6.04 Å². The fourth-order valence-electron chi connectivity index (χ4n) is 2.25. The van der Waals surface area contributed by atoms with E-state index in [4.69, 9.17) is 0 Å². The number of nitrogens with one attached hydrogen (secondary N) is 1. The van der Waals surface area contributed by atoms with Crippen molar-refractivity contribution in [2.24, 2.45) is 5.92 Å². The van der Waals surface area contributed by atoms with Crippen molar-refractivity contribution in [2.75, 3.05) is 6.54 Å². The van der Waals surface area contributed by atoms with E-state index in [1.165, 1.54) is 12.0 Å². The summed E-state index contributed by atoms with van der Waals surface area (Å²) in [5.41, 5.74) is 1.32. The Balaban J connectivity index is 0.000000218. The summed E-state index contributed by atoms with van der Waals surface area (Å²) >= 11 is 0. The van der Waals surface area contributed by atoms with Crippen LogP contribution in [0.5, 0.6) is 0 Å². The summed E-state index contributed by atoms with van der Waals surface area (Å²) < 4.78 is 0. The van der Waals surface area contributed by atoms with Gasteiger partial charge in [-0.25, -0.2) is 0 Å². The van der Waals surface area contributed by atoms with Gasteiger partial charge in [-0.3, -0.25) is 0 Å². The molecule has 1 aliphatic carbocycles. The molecule has 108 valence electrons. The van der Waals surface area contributed by atoms with Gasteiger partial charge in [-0.2, -0.15) is 0 Å². The molecule has 2 atom stereocenters. The largest absolute Gasteiger partial charge is 0.393 e. The van der Waals surface area contributed by atoms with Crippen LogP contribution in [0, 0.1) is 12.8 Å². The third kappa shape index (κ3) is 8.02. The van der Waals surface area contributed by atoms with Crippen LogP contribution in [-0.4, -0.2) is 23.8 Å². The first-order chi connectivity index (χ1) is 9.08. The summed E-state index contributed by atoms with van der Waals surface area (Å²) in [6.45, 7) is 7.67. The Bertz CT molecular complexity index is 323. The normalized spacial score (nSPS) is 22.2. The molecular weight excluding hydrogens is 234 g/mol. The first-order valence-corrected chi connectivity index (χ1v) is 7.51. The van der Waals surface area contributed by atoms with E-state index in [9.17, 15) is 5.11 Å². The van der Waals surface area contributed by atoms with E-state index in [-0.39, 0.29) is 6.10 Å². The molecule has 0 amide bonds. The second-order valence-electron chi connectivity index (χ2n) is 5.96. The van der Waals surface area contributed by atoms with Gasteiger partial charge in [-0.05, 0) is 45.1 Å². The molecule has 0 aromatic heterocycles. The minimum atomic E-state index is -0.0402. The smallest absolute Gasteiger partial charge is 0.0555 e. The molecule has 0 aliphatic heterocycles. The van der Waals surface area contributed by atoms with Crippen LogP contribution in [0.2, 0.25) is 0 Å². The fraction of sp³-hybridized carbons (Fsp3) is 0.647. The lowest BCUT2D eigenvalue weighted by Gasteiger charge is -2.12. The number of benzene rings is 1. The van der Waals surface area contributed by atoms with Crippen molar-refractivity contribution in [3.63, 3.8) is 0 Å². The van der Waals surface area contributed by atoms with Gasteiger partial charge in [-0.1, -0.05) is 49.7 Å². The first kappa shape index (κ1) is 16.2. The van der Waals surface area contributed by atoms with Gasteiger partial charge in [0.05, 0.1) is 6.10 Å². The molecule has 0 saturated heterocycles. The molecule has 1 saturated carbocycles. The van der Waals surface area contributed by atoms with Gasteiger partial charge in [-0.15, -0.1) is 0 Å². The molecule has 1 aliphatic rings. The average Bonchev–Trinajstić information content (AvgIpc) is 2.76. The SMILES string of the molecule is CC(C)CCN[C@@H]1CC[C@H](O)C1.Cc1ccccc1. The number of rotatable bonds is 4. The van der Waals surface area contributed by atoms with Gasteiger partial charge in [0.2, 0.25) is 0 Å². The summed E-state index contributed by atoms with van der Waals surface area (Å²) in [4.78, 5) is 0. The molecule has 1 fully saturated rings. The van der Waals surface area contributed by atoms with Gasteiger partial charge >= 0.3 is 0 Å². The van der Waals surface area contributed by atoms with Crippen molar-refractivity contribution in [3.8, 4) is 0 Å². The molecule has 0 radical (unpaired) electrons. The zero-order valence-corrected chi connectivity index (χ0v) is 12.6. The van der Waals surface area contributed by atoms with Crippen LogP contribution in [0.1, 0.15) is 45.1 Å². The molecule has 0 spiro atoms. The van der Waals surface area contributed by atoms with Crippen LogP contribution in [0.15, 0.2) is 30.3 Å². The maximum atomic E-state index is 9.27. The third-order valence-electron chi connectivity index (χ3n) is 3.50. The Kier molecular flexibility index (Phi) is 7.76. The minimum absolute atomic E-state index is 0.0402. The van der Waals surface area contributed by atoms with Crippen molar-refractivity contribution < 1.29 is 5.11 Å². The van der Waals surface area contributed by atoms with E-state index in [1.54, 1.807) is 0 Å². The Morgan fingerprint density at radius 2 is 1.89 bits per heavy atom. The van der Waals surface area contributed by atoms with E-state index in [2.05, 4.69) is 38.2 Å². The Labute approximate surface area is 118 Å². The summed E-state index contributed by atoms with van der Waals surface area (Å²) in [5.74, 6) is 0.781. The Morgan fingerprint density at radius 1 is 1.21 bits per heavy atom. The second kappa shape index (κ2) is 9.11. The van der Waals surface area contributed by atoms with Crippen LogP contribution in [-0.2, 0) is 0 Å². The molecule has 0 heterocycles.